The largest absolute Gasteiger partial charge is 0.573 e. The van der Waals surface area contributed by atoms with E-state index in [9.17, 15) is 13.2 Å². The fraction of sp³-hybridized carbons (Fsp3) is 0.167. The average Bonchev–Trinajstić information content (AvgIpc) is 2.36. The number of hydrogen-bond acceptors (Lipinski definition) is 4. The number of H-pyrrole nitrogens is 1. The third-order valence-corrected chi connectivity index (χ3v) is 2.66. The molecule has 0 aliphatic carbocycles. The van der Waals surface area contributed by atoms with Crippen LogP contribution < -0.4 is 9.47 Å². The fourth-order valence-electron chi connectivity index (χ4n) is 1.64. The molecule has 1 aromatic heterocycles. The molecule has 0 aliphatic rings. The molecule has 106 valence electrons. The summed E-state index contributed by atoms with van der Waals surface area (Å²) in [4.78, 5) is 6.64. The Labute approximate surface area is 117 Å². The number of aromatic amines is 1. The molecule has 0 spiro atoms. The lowest BCUT2D eigenvalue weighted by molar-refractivity contribution is -0.274. The van der Waals surface area contributed by atoms with Crippen LogP contribution in [0.15, 0.2) is 30.6 Å². The van der Waals surface area contributed by atoms with Crippen molar-refractivity contribution in [3.8, 4) is 22.8 Å². The Kier molecular flexibility index (Phi) is 3.93. The summed E-state index contributed by atoms with van der Waals surface area (Å²) in [5.41, 5.74) is 0.872. The van der Waals surface area contributed by atoms with Crippen LogP contribution in [0.2, 0.25) is 0 Å². The normalized spacial score (nSPS) is 11.2. The van der Waals surface area contributed by atoms with Crippen molar-refractivity contribution >= 4 is 12.2 Å². The predicted octanol–water partition coefficient (Wildman–Crippen LogP) is 3.71. The smallest absolute Gasteiger partial charge is 0.491 e. The quantitative estimate of drug-likeness (QED) is 0.878. The highest BCUT2D eigenvalue weighted by atomic mass is 32.1. The average molecular weight is 302 g/mol. The third kappa shape index (κ3) is 3.27. The highest BCUT2D eigenvalue weighted by Crippen LogP contribution is 2.31. The van der Waals surface area contributed by atoms with Crippen LogP contribution in [0.5, 0.6) is 11.5 Å². The number of halogens is 3. The van der Waals surface area contributed by atoms with E-state index in [0.717, 1.165) is 0 Å². The summed E-state index contributed by atoms with van der Waals surface area (Å²) in [6, 6.07) is 5.48. The second-order valence-corrected chi connectivity index (χ2v) is 4.08. The van der Waals surface area contributed by atoms with Crippen molar-refractivity contribution in [1.29, 1.82) is 0 Å². The van der Waals surface area contributed by atoms with Gasteiger partial charge in [0.25, 0.3) is 0 Å². The number of hydrogen-bond donors (Lipinski definition) is 1. The minimum Gasteiger partial charge on any atom is -0.491 e. The van der Waals surface area contributed by atoms with Gasteiger partial charge in [-0.2, -0.15) is 0 Å². The lowest BCUT2D eigenvalue weighted by Gasteiger charge is -2.11. The SMILES string of the molecule is COc1c(-c2cccc(OC(F)(F)F)c2)[nH]cnc1=S. The number of alkyl halides is 3. The second kappa shape index (κ2) is 5.49. The number of methoxy groups -OCH3 is 1. The van der Waals surface area contributed by atoms with Crippen LogP contribution in [-0.2, 0) is 0 Å². The van der Waals surface area contributed by atoms with Gasteiger partial charge in [0.05, 0.1) is 19.1 Å². The van der Waals surface area contributed by atoms with Gasteiger partial charge in [-0.1, -0.05) is 24.4 Å². The van der Waals surface area contributed by atoms with Crippen LogP contribution in [0.3, 0.4) is 0 Å². The first-order chi connectivity index (χ1) is 9.40. The zero-order valence-corrected chi connectivity index (χ0v) is 11.0. The minimum absolute atomic E-state index is 0.211. The maximum atomic E-state index is 12.2. The van der Waals surface area contributed by atoms with Crippen LogP contribution in [0.25, 0.3) is 11.3 Å². The first kappa shape index (κ1) is 14.3. The molecule has 0 radical (unpaired) electrons. The molecule has 1 N–H and O–H groups in total. The number of nitrogens with zero attached hydrogens (tertiary/aromatic N) is 1. The zero-order valence-electron chi connectivity index (χ0n) is 10.2. The Balaban J connectivity index is 2.47. The van der Waals surface area contributed by atoms with E-state index in [1.54, 1.807) is 6.07 Å². The van der Waals surface area contributed by atoms with E-state index in [0.29, 0.717) is 11.3 Å². The van der Waals surface area contributed by atoms with Crippen LogP contribution in [0.4, 0.5) is 13.2 Å². The van der Waals surface area contributed by atoms with E-state index < -0.39 is 6.36 Å². The minimum atomic E-state index is -4.74. The van der Waals surface area contributed by atoms with Gasteiger partial charge in [-0.3, -0.25) is 0 Å². The van der Waals surface area contributed by atoms with E-state index in [4.69, 9.17) is 17.0 Å². The maximum Gasteiger partial charge on any atom is 0.573 e. The number of rotatable bonds is 3. The highest BCUT2D eigenvalue weighted by Gasteiger charge is 2.31. The van der Waals surface area contributed by atoms with Gasteiger partial charge in [0.15, 0.2) is 10.4 Å². The molecule has 1 heterocycles. The van der Waals surface area contributed by atoms with Crippen molar-refractivity contribution in [1.82, 2.24) is 9.97 Å². The summed E-state index contributed by atoms with van der Waals surface area (Å²) < 4.78 is 45.8. The van der Waals surface area contributed by atoms with Gasteiger partial charge >= 0.3 is 6.36 Å². The molecule has 2 aromatic rings. The van der Waals surface area contributed by atoms with Crippen molar-refractivity contribution in [2.45, 2.75) is 6.36 Å². The Morgan fingerprint density at radius 3 is 2.70 bits per heavy atom. The molecule has 8 heteroatoms. The zero-order chi connectivity index (χ0) is 14.8. The molecule has 2 rings (SSSR count). The lowest BCUT2D eigenvalue weighted by Crippen LogP contribution is -2.17. The number of ether oxygens (including phenoxy) is 2. The summed E-state index contributed by atoms with van der Waals surface area (Å²) in [7, 11) is 1.40. The van der Waals surface area contributed by atoms with Crippen molar-refractivity contribution in [2.75, 3.05) is 7.11 Å². The van der Waals surface area contributed by atoms with Crippen LogP contribution >= 0.6 is 12.2 Å². The number of nitrogens with one attached hydrogen (secondary N) is 1. The molecule has 4 nitrogen and oxygen atoms in total. The molecule has 0 unspecified atom stereocenters. The van der Waals surface area contributed by atoms with Crippen LogP contribution in [-0.4, -0.2) is 23.4 Å². The van der Waals surface area contributed by atoms with E-state index in [1.807, 2.05) is 0 Å². The molecule has 0 atom stereocenters. The maximum absolute atomic E-state index is 12.2. The fourth-order valence-corrected chi connectivity index (χ4v) is 1.88. The first-order valence-corrected chi connectivity index (χ1v) is 5.79. The number of aromatic nitrogens is 2. The van der Waals surface area contributed by atoms with Gasteiger partial charge in [-0.05, 0) is 12.1 Å². The second-order valence-electron chi connectivity index (χ2n) is 3.69. The number of benzene rings is 1. The Morgan fingerprint density at radius 1 is 1.30 bits per heavy atom. The molecule has 1 aromatic carbocycles. The van der Waals surface area contributed by atoms with Gasteiger partial charge in [0.1, 0.15) is 5.75 Å². The van der Waals surface area contributed by atoms with E-state index >= 15 is 0 Å². The molecule has 0 fully saturated rings. The summed E-state index contributed by atoms with van der Waals surface area (Å²) in [5, 5.41) is 0. The van der Waals surface area contributed by atoms with Crippen molar-refractivity contribution in [3.05, 3.63) is 35.2 Å². The van der Waals surface area contributed by atoms with E-state index in [2.05, 4.69) is 14.7 Å². The van der Waals surface area contributed by atoms with Crippen LogP contribution in [0.1, 0.15) is 0 Å². The molecule has 0 saturated heterocycles. The van der Waals surface area contributed by atoms with Gasteiger partial charge < -0.3 is 14.5 Å². The lowest BCUT2D eigenvalue weighted by atomic mass is 10.1. The van der Waals surface area contributed by atoms with Crippen molar-refractivity contribution < 1.29 is 22.6 Å². The molecule has 0 bridgehead atoms. The van der Waals surface area contributed by atoms with E-state index in [1.165, 1.54) is 31.6 Å². The highest BCUT2D eigenvalue weighted by molar-refractivity contribution is 7.71. The first-order valence-electron chi connectivity index (χ1n) is 5.38. The van der Waals surface area contributed by atoms with Crippen molar-refractivity contribution in [3.63, 3.8) is 0 Å². The monoisotopic (exact) mass is 302 g/mol. The topological polar surface area (TPSA) is 47.1 Å². The molecule has 0 aliphatic heterocycles. The summed E-state index contributed by atoms with van der Waals surface area (Å²) in [6.07, 6.45) is -3.40. The molecular weight excluding hydrogens is 293 g/mol. The molecule has 0 saturated carbocycles. The molecular formula is C12H9F3N2O2S. The predicted molar refractivity (Wildman–Crippen MR) is 68.1 cm³/mol. The molecule has 0 amide bonds. The molecule has 20 heavy (non-hydrogen) atoms. The van der Waals surface area contributed by atoms with Gasteiger partial charge in [-0.25, -0.2) is 4.98 Å². The third-order valence-electron chi connectivity index (χ3n) is 2.37. The van der Waals surface area contributed by atoms with Gasteiger partial charge in [0.2, 0.25) is 0 Å². The summed E-state index contributed by atoms with van der Waals surface area (Å²) >= 11 is 4.99. The van der Waals surface area contributed by atoms with Gasteiger partial charge in [-0.15, -0.1) is 13.2 Å². The van der Waals surface area contributed by atoms with Crippen molar-refractivity contribution in [2.24, 2.45) is 0 Å². The Hall–Kier alpha value is -2.09. The summed E-state index contributed by atoms with van der Waals surface area (Å²) in [5.74, 6) is -0.0418. The Morgan fingerprint density at radius 2 is 2.05 bits per heavy atom. The van der Waals surface area contributed by atoms with Crippen LogP contribution in [0, 0.1) is 4.64 Å². The van der Waals surface area contributed by atoms with E-state index in [-0.39, 0.29) is 16.1 Å². The Bertz CT molecular complexity index is 670. The summed E-state index contributed by atoms with van der Waals surface area (Å²) in [6.45, 7) is 0. The standard InChI is InChI=1S/C12H9F3N2O2S/c1-18-10-9(16-6-17-11(10)20)7-3-2-4-8(5-7)19-12(13,14)15/h2-6H,1H3,(H,16,17,20). The van der Waals surface area contributed by atoms with Gasteiger partial charge in [0, 0.05) is 5.56 Å².